The minimum Gasteiger partial charge on any atom is -0.494 e. The predicted molar refractivity (Wildman–Crippen MR) is 114 cm³/mol. The Morgan fingerprint density at radius 1 is 1.14 bits per heavy atom. The van der Waals surface area contributed by atoms with Crippen molar-refractivity contribution in [2.75, 3.05) is 52.7 Å². The molecule has 6 nitrogen and oxygen atoms in total. The lowest BCUT2D eigenvalue weighted by atomic mass is 10.1. The Hall–Kier alpha value is -1.79. The zero-order valence-electron chi connectivity index (χ0n) is 17.5. The second-order valence-corrected chi connectivity index (χ2v) is 7.21. The summed E-state index contributed by atoms with van der Waals surface area (Å²) in [5.41, 5.74) is 1.25. The van der Waals surface area contributed by atoms with Gasteiger partial charge in [0.15, 0.2) is 5.96 Å². The largest absolute Gasteiger partial charge is 0.494 e. The third kappa shape index (κ3) is 9.95. The summed E-state index contributed by atoms with van der Waals surface area (Å²) in [5.74, 6) is 2.40. The topological polar surface area (TPSA) is 64.1 Å². The first-order valence-corrected chi connectivity index (χ1v) is 10.6. The minimum absolute atomic E-state index is 0.581. The zero-order valence-corrected chi connectivity index (χ0v) is 17.5. The molecule has 1 aliphatic heterocycles. The number of aliphatic imine (C=N–C) groups is 1. The maximum absolute atomic E-state index is 5.76. The molecule has 6 heteroatoms. The Kier molecular flexibility index (Phi) is 11.4. The van der Waals surface area contributed by atoms with Gasteiger partial charge in [0.1, 0.15) is 5.75 Å². The molecule has 0 saturated carbocycles. The number of hydrogen-bond acceptors (Lipinski definition) is 4. The van der Waals surface area contributed by atoms with Crippen molar-refractivity contribution >= 4 is 5.96 Å². The standard InChI is InChI=1S/C22H37N3O3/c1-3-23-22(25-13-6-14-26-17-20-11-16-27-18-20)24-12-4-5-15-28-21-9-7-19(2)8-10-21/h7-10,20H,3-6,11-18H2,1-2H3,(H2,23,24,25). The van der Waals surface area contributed by atoms with E-state index in [4.69, 9.17) is 14.2 Å². The SMILES string of the molecule is CCNC(=NCCCOCC1CCOC1)NCCCCOc1ccc(C)cc1. The average molecular weight is 392 g/mol. The van der Waals surface area contributed by atoms with E-state index in [-0.39, 0.29) is 0 Å². The molecule has 1 aromatic rings. The zero-order chi connectivity index (χ0) is 19.9. The van der Waals surface area contributed by atoms with Crippen LogP contribution in [0.1, 0.15) is 38.2 Å². The van der Waals surface area contributed by atoms with Crippen molar-refractivity contribution in [3.8, 4) is 5.75 Å². The Morgan fingerprint density at radius 3 is 2.75 bits per heavy atom. The molecule has 0 aliphatic carbocycles. The number of unbranched alkanes of at least 4 members (excludes halogenated alkanes) is 1. The van der Waals surface area contributed by atoms with E-state index < -0.39 is 0 Å². The van der Waals surface area contributed by atoms with E-state index in [0.717, 1.165) is 90.1 Å². The molecule has 2 N–H and O–H groups in total. The van der Waals surface area contributed by atoms with Crippen LogP contribution in [0.15, 0.2) is 29.3 Å². The fraction of sp³-hybridized carbons (Fsp3) is 0.682. The summed E-state index contributed by atoms with van der Waals surface area (Å²) in [6.45, 7) is 10.7. The molecule has 0 spiro atoms. The highest BCUT2D eigenvalue weighted by Crippen LogP contribution is 2.12. The number of ether oxygens (including phenoxy) is 3. The Labute approximate surface area is 170 Å². The maximum Gasteiger partial charge on any atom is 0.191 e. The Balaban J connectivity index is 1.49. The average Bonchev–Trinajstić information content (AvgIpc) is 3.22. The van der Waals surface area contributed by atoms with E-state index in [0.29, 0.717) is 5.92 Å². The summed E-state index contributed by atoms with van der Waals surface area (Å²) >= 11 is 0. The van der Waals surface area contributed by atoms with Crippen molar-refractivity contribution in [1.82, 2.24) is 10.6 Å². The van der Waals surface area contributed by atoms with Gasteiger partial charge < -0.3 is 24.8 Å². The van der Waals surface area contributed by atoms with Crippen molar-refractivity contribution in [2.45, 2.75) is 39.5 Å². The summed E-state index contributed by atoms with van der Waals surface area (Å²) in [7, 11) is 0. The molecule has 0 aromatic heterocycles. The summed E-state index contributed by atoms with van der Waals surface area (Å²) < 4.78 is 16.8. The predicted octanol–water partition coefficient (Wildman–Crippen LogP) is 3.15. The third-order valence-corrected chi connectivity index (χ3v) is 4.59. The highest BCUT2D eigenvalue weighted by molar-refractivity contribution is 5.79. The van der Waals surface area contributed by atoms with Gasteiger partial charge >= 0.3 is 0 Å². The minimum atomic E-state index is 0.581. The first-order chi connectivity index (χ1) is 13.8. The molecular weight excluding hydrogens is 354 g/mol. The van der Waals surface area contributed by atoms with Gasteiger partial charge in [-0.1, -0.05) is 17.7 Å². The number of rotatable bonds is 13. The van der Waals surface area contributed by atoms with E-state index in [9.17, 15) is 0 Å². The lowest BCUT2D eigenvalue weighted by Crippen LogP contribution is -2.38. The van der Waals surface area contributed by atoms with Crippen LogP contribution in [0, 0.1) is 12.8 Å². The van der Waals surface area contributed by atoms with Gasteiger partial charge in [-0.05, 0) is 51.7 Å². The van der Waals surface area contributed by atoms with Gasteiger partial charge in [0.2, 0.25) is 0 Å². The van der Waals surface area contributed by atoms with E-state index in [1.165, 1.54) is 5.56 Å². The number of benzene rings is 1. The molecule has 1 aromatic carbocycles. The van der Waals surface area contributed by atoms with Crippen LogP contribution in [0.25, 0.3) is 0 Å². The lowest BCUT2D eigenvalue weighted by molar-refractivity contribution is 0.0893. The lowest BCUT2D eigenvalue weighted by Gasteiger charge is -2.12. The molecule has 1 atom stereocenters. The summed E-state index contributed by atoms with van der Waals surface area (Å²) in [6, 6.07) is 8.19. The quantitative estimate of drug-likeness (QED) is 0.307. The fourth-order valence-electron chi connectivity index (χ4n) is 2.92. The Morgan fingerprint density at radius 2 is 2.00 bits per heavy atom. The summed E-state index contributed by atoms with van der Waals surface area (Å²) in [4.78, 5) is 4.61. The van der Waals surface area contributed by atoms with E-state index in [1.54, 1.807) is 0 Å². The van der Waals surface area contributed by atoms with E-state index in [1.807, 2.05) is 12.1 Å². The van der Waals surface area contributed by atoms with Gasteiger partial charge in [-0.3, -0.25) is 4.99 Å². The van der Waals surface area contributed by atoms with Crippen molar-refractivity contribution in [2.24, 2.45) is 10.9 Å². The van der Waals surface area contributed by atoms with Gasteiger partial charge in [-0.25, -0.2) is 0 Å². The van der Waals surface area contributed by atoms with Crippen molar-refractivity contribution in [3.63, 3.8) is 0 Å². The molecule has 2 rings (SSSR count). The molecule has 0 radical (unpaired) electrons. The summed E-state index contributed by atoms with van der Waals surface area (Å²) in [6.07, 6.45) is 4.12. The van der Waals surface area contributed by atoms with Gasteiger partial charge in [0.25, 0.3) is 0 Å². The number of guanidine groups is 1. The van der Waals surface area contributed by atoms with Crippen LogP contribution in [0.5, 0.6) is 5.75 Å². The van der Waals surface area contributed by atoms with Crippen LogP contribution >= 0.6 is 0 Å². The molecule has 0 bridgehead atoms. The molecule has 1 unspecified atom stereocenters. The molecule has 0 amide bonds. The second kappa shape index (κ2) is 14.2. The number of nitrogens with one attached hydrogen (secondary N) is 2. The first kappa shape index (κ1) is 22.5. The van der Waals surface area contributed by atoms with Gasteiger partial charge in [0, 0.05) is 38.8 Å². The van der Waals surface area contributed by atoms with E-state index >= 15 is 0 Å². The first-order valence-electron chi connectivity index (χ1n) is 10.6. The molecular formula is C22H37N3O3. The smallest absolute Gasteiger partial charge is 0.191 e. The van der Waals surface area contributed by atoms with Gasteiger partial charge in [0.05, 0.1) is 19.8 Å². The van der Waals surface area contributed by atoms with Gasteiger partial charge in [-0.15, -0.1) is 0 Å². The Bertz CT molecular complexity index is 542. The summed E-state index contributed by atoms with van der Waals surface area (Å²) in [5, 5.41) is 6.68. The molecule has 1 saturated heterocycles. The van der Waals surface area contributed by atoms with Crippen molar-refractivity contribution in [3.05, 3.63) is 29.8 Å². The highest BCUT2D eigenvalue weighted by atomic mass is 16.5. The van der Waals surface area contributed by atoms with Crippen LogP contribution in [0.4, 0.5) is 0 Å². The van der Waals surface area contributed by atoms with Crippen LogP contribution in [0.3, 0.4) is 0 Å². The van der Waals surface area contributed by atoms with Crippen LogP contribution in [0.2, 0.25) is 0 Å². The third-order valence-electron chi connectivity index (χ3n) is 4.59. The number of hydrogen-bond donors (Lipinski definition) is 2. The molecule has 28 heavy (non-hydrogen) atoms. The van der Waals surface area contributed by atoms with Gasteiger partial charge in [-0.2, -0.15) is 0 Å². The second-order valence-electron chi connectivity index (χ2n) is 7.21. The molecule has 1 fully saturated rings. The molecule has 1 aliphatic rings. The molecule has 1 heterocycles. The monoisotopic (exact) mass is 391 g/mol. The van der Waals surface area contributed by atoms with Crippen LogP contribution in [-0.4, -0.2) is 58.6 Å². The number of aryl methyl sites for hydroxylation is 1. The van der Waals surface area contributed by atoms with E-state index in [2.05, 4.69) is 41.6 Å². The maximum atomic E-state index is 5.76. The number of nitrogens with zero attached hydrogens (tertiary/aromatic N) is 1. The van der Waals surface area contributed by atoms with Crippen molar-refractivity contribution < 1.29 is 14.2 Å². The molecule has 158 valence electrons. The van der Waals surface area contributed by atoms with Crippen LogP contribution < -0.4 is 15.4 Å². The normalized spacial score (nSPS) is 16.9. The van der Waals surface area contributed by atoms with Crippen molar-refractivity contribution in [1.29, 1.82) is 0 Å². The van der Waals surface area contributed by atoms with Crippen LogP contribution in [-0.2, 0) is 9.47 Å². The fourth-order valence-corrected chi connectivity index (χ4v) is 2.92. The highest BCUT2D eigenvalue weighted by Gasteiger charge is 2.15.